The molecule has 0 spiro atoms. The van der Waals surface area contributed by atoms with Crippen molar-refractivity contribution in [3.8, 4) is 11.3 Å². The zero-order valence-electron chi connectivity index (χ0n) is 12.6. The first-order valence-corrected chi connectivity index (χ1v) is 7.48. The maximum Gasteiger partial charge on any atom is 0.0955 e. The molecule has 20 heavy (non-hydrogen) atoms. The lowest BCUT2D eigenvalue weighted by molar-refractivity contribution is 0.440. The van der Waals surface area contributed by atoms with Gasteiger partial charge in [0, 0.05) is 30.8 Å². The van der Waals surface area contributed by atoms with Gasteiger partial charge in [-0.25, -0.2) is 0 Å². The number of nitrogens with zero attached hydrogens (tertiary/aromatic N) is 2. The van der Waals surface area contributed by atoms with E-state index in [4.69, 9.17) is 5.10 Å². The Labute approximate surface area is 121 Å². The molecule has 1 unspecified atom stereocenters. The number of benzene rings is 1. The molecular weight excluding hydrogens is 246 g/mol. The Balaban J connectivity index is 1.99. The van der Waals surface area contributed by atoms with Crippen LogP contribution in [0.15, 0.2) is 24.3 Å². The van der Waals surface area contributed by atoms with E-state index in [0.29, 0.717) is 5.92 Å². The van der Waals surface area contributed by atoms with Crippen LogP contribution < -0.4 is 5.32 Å². The third-order valence-corrected chi connectivity index (χ3v) is 4.35. The summed E-state index contributed by atoms with van der Waals surface area (Å²) in [4.78, 5) is 0. The second-order valence-electron chi connectivity index (χ2n) is 5.89. The first-order valence-electron chi connectivity index (χ1n) is 7.48. The summed E-state index contributed by atoms with van der Waals surface area (Å²) >= 11 is 0. The van der Waals surface area contributed by atoms with Crippen molar-refractivity contribution < 1.29 is 0 Å². The fourth-order valence-corrected chi connectivity index (χ4v) is 3.28. The van der Waals surface area contributed by atoms with Gasteiger partial charge in [-0.05, 0) is 38.8 Å². The molecule has 0 bridgehead atoms. The van der Waals surface area contributed by atoms with Gasteiger partial charge in [0.15, 0.2) is 0 Å². The Morgan fingerprint density at radius 2 is 1.95 bits per heavy atom. The van der Waals surface area contributed by atoms with Crippen LogP contribution in [0.4, 0.5) is 0 Å². The van der Waals surface area contributed by atoms with E-state index in [9.17, 15) is 0 Å². The van der Waals surface area contributed by atoms with Crippen LogP contribution in [-0.4, -0.2) is 22.9 Å². The number of hydrogen-bond donors (Lipinski definition) is 1. The molecule has 0 aliphatic carbocycles. The van der Waals surface area contributed by atoms with Crippen LogP contribution in [0.3, 0.4) is 0 Å². The van der Waals surface area contributed by atoms with E-state index in [1.54, 1.807) is 0 Å². The van der Waals surface area contributed by atoms with E-state index < -0.39 is 0 Å². The summed E-state index contributed by atoms with van der Waals surface area (Å²) in [5.41, 5.74) is 6.38. The molecule has 3 nitrogen and oxygen atoms in total. The lowest BCUT2D eigenvalue weighted by atomic mass is 9.92. The molecule has 1 saturated heterocycles. The van der Waals surface area contributed by atoms with Crippen molar-refractivity contribution in [1.82, 2.24) is 15.1 Å². The summed E-state index contributed by atoms with van der Waals surface area (Å²) in [5.74, 6) is 0.598. The van der Waals surface area contributed by atoms with Crippen molar-refractivity contribution in [2.45, 2.75) is 32.6 Å². The molecule has 1 fully saturated rings. The smallest absolute Gasteiger partial charge is 0.0955 e. The predicted octanol–water partition coefficient (Wildman–Crippen LogP) is 3.17. The highest BCUT2D eigenvalue weighted by Crippen LogP contribution is 2.31. The van der Waals surface area contributed by atoms with Gasteiger partial charge in [0.2, 0.25) is 0 Å². The van der Waals surface area contributed by atoms with Crippen LogP contribution in [-0.2, 0) is 7.05 Å². The van der Waals surface area contributed by atoms with Crippen molar-refractivity contribution in [2.75, 3.05) is 13.1 Å². The molecule has 3 heteroatoms. The lowest BCUT2D eigenvalue weighted by Crippen LogP contribution is -2.29. The third kappa shape index (κ3) is 2.38. The van der Waals surface area contributed by atoms with Crippen molar-refractivity contribution >= 4 is 0 Å². The third-order valence-electron chi connectivity index (χ3n) is 4.35. The Morgan fingerprint density at radius 3 is 2.60 bits per heavy atom. The fraction of sp³-hybridized carbons (Fsp3) is 0.471. The monoisotopic (exact) mass is 269 g/mol. The molecule has 0 amide bonds. The number of aromatic nitrogens is 2. The van der Waals surface area contributed by atoms with Gasteiger partial charge in [-0.2, -0.15) is 5.10 Å². The number of hydrogen-bond acceptors (Lipinski definition) is 2. The maximum absolute atomic E-state index is 4.77. The van der Waals surface area contributed by atoms with Crippen molar-refractivity contribution in [3.05, 3.63) is 41.1 Å². The van der Waals surface area contributed by atoms with Crippen molar-refractivity contribution in [1.29, 1.82) is 0 Å². The molecular formula is C17H23N3. The minimum Gasteiger partial charge on any atom is -0.316 e. The van der Waals surface area contributed by atoms with Crippen LogP contribution >= 0.6 is 0 Å². The Kier molecular flexibility index (Phi) is 3.62. The Bertz CT molecular complexity index is 589. The number of nitrogens with one attached hydrogen (secondary N) is 1. The summed E-state index contributed by atoms with van der Waals surface area (Å²) < 4.78 is 2.09. The first-order chi connectivity index (χ1) is 9.66. The van der Waals surface area contributed by atoms with Crippen LogP contribution in [0.2, 0.25) is 0 Å². The second kappa shape index (κ2) is 5.41. The van der Waals surface area contributed by atoms with Crippen molar-refractivity contribution in [2.24, 2.45) is 7.05 Å². The highest BCUT2D eigenvalue weighted by molar-refractivity contribution is 5.64. The Hall–Kier alpha value is -1.61. The van der Waals surface area contributed by atoms with Crippen LogP contribution in [0.1, 0.15) is 35.6 Å². The minimum absolute atomic E-state index is 0.598. The minimum atomic E-state index is 0.598. The van der Waals surface area contributed by atoms with Crippen molar-refractivity contribution in [3.63, 3.8) is 0 Å². The molecule has 1 aromatic carbocycles. The van der Waals surface area contributed by atoms with E-state index in [2.05, 4.69) is 55.2 Å². The molecule has 1 aliphatic rings. The normalized spacial score (nSPS) is 19.2. The van der Waals surface area contributed by atoms with Gasteiger partial charge in [0.25, 0.3) is 0 Å². The molecule has 0 saturated carbocycles. The molecule has 106 valence electrons. The molecule has 1 atom stereocenters. The van der Waals surface area contributed by atoms with Gasteiger partial charge >= 0.3 is 0 Å². The lowest BCUT2D eigenvalue weighted by Gasteiger charge is -2.23. The van der Waals surface area contributed by atoms with Crippen LogP contribution in [0.5, 0.6) is 0 Å². The summed E-state index contributed by atoms with van der Waals surface area (Å²) in [6, 6.07) is 8.66. The van der Waals surface area contributed by atoms with E-state index in [1.807, 2.05) is 0 Å². The molecule has 3 rings (SSSR count). The van der Waals surface area contributed by atoms with Crippen LogP contribution in [0.25, 0.3) is 11.3 Å². The largest absolute Gasteiger partial charge is 0.316 e. The van der Waals surface area contributed by atoms with Gasteiger partial charge < -0.3 is 5.32 Å². The number of rotatable bonds is 2. The van der Waals surface area contributed by atoms with Gasteiger partial charge in [-0.15, -0.1) is 0 Å². The van der Waals surface area contributed by atoms with Gasteiger partial charge in [-0.3, -0.25) is 4.68 Å². The maximum atomic E-state index is 4.77. The van der Waals surface area contributed by atoms with E-state index in [0.717, 1.165) is 18.8 Å². The SMILES string of the molecule is Cc1ccc(-c2nn(C)c(C3CCCNC3)c2C)cc1. The molecule has 2 aromatic rings. The molecule has 0 radical (unpaired) electrons. The van der Waals surface area contributed by atoms with Gasteiger partial charge in [-0.1, -0.05) is 29.8 Å². The molecule has 1 aliphatic heterocycles. The fourth-order valence-electron chi connectivity index (χ4n) is 3.28. The summed E-state index contributed by atoms with van der Waals surface area (Å²) in [6.07, 6.45) is 2.52. The van der Waals surface area contributed by atoms with Gasteiger partial charge in [0.1, 0.15) is 0 Å². The van der Waals surface area contributed by atoms with E-state index >= 15 is 0 Å². The molecule has 2 heterocycles. The van der Waals surface area contributed by atoms with E-state index in [-0.39, 0.29) is 0 Å². The van der Waals surface area contributed by atoms with Gasteiger partial charge in [0.05, 0.1) is 5.69 Å². The summed E-state index contributed by atoms with van der Waals surface area (Å²) in [7, 11) is 2.08. The average molecular weight is 269 g/mol. The summed E-state index contributed by atoms with van der Waals surface area (Å²) in [5, 5.41) is 8.28. The topological polar surface area (TPSA) is 29.9 Å². The average Bonchev–Trinajstić information content (AvgIpc) is 2.76. The highest BCUT2D eigenvalue weighted by atomic mass is 15.3. The zero-order chi connectivity index (χ0) is 14.1. The quantitative estimate of drug-likeness (QED) is 0.907. The molecule has 1 aromatic heterocycles. The Morgan fingerprint density at radius 1 is 1.20 bits per heavy atom. The van der Waals surface area contributed by atoms with E-state index in [1.165, 1.54) is 35.2 Å². The summed E-state index contributed by atoms with van der Waals surface area (Å²) in [6.45, 7) is 6.56. The number of aryl methyl sites for hydroxylation is 2. The highest BCUT2D eigenvalue weighted by Gasteiger charge is 2.23. The second-order valence-corrected chi connectivity index (χ2v) is 5.89. The zero-order valence-corrected chi connectivity index (χ0v) is 12.6. The predicted molar refractivity (Wildman–Crippen MR) is 83.0 cm³/mol. The molecule has 1 N–H and O–H groups in total. The number of piperidine rings is 1. The standard InChI is InChI=1S/C17H23N3/c1-12-6-8-14(9-7-12)16-13(2)17(20(3)19-16)15-5-4-10-18-11-15/h6-9,15,18H,4-5,10-11H2,1-3H3. The van der Waals surface area contributed by atoms with Crippen LogP contribution in [0, 0.1) is 13.8 Å². The first kappa shape index (κ1) is 13.4.